The lowest BCUT2D eigenvalue weighted by molar-refractivity contribution is -0.120. The Balaban J connectivity index is 1.71. The van der Waals surface area contributed by atoms with Gasteiger partial charge in [0.1, 0.15) is 11.6 Å². The molecule has 7 heteroatoms. The van der Waals surface area contributed by atoms with Crippen molar-refractivity contribution in [3.8, 4) is 0 Å². The van der Waals surface area contributed by atoms with Crippen LogP contribution in [0.5, 0.6) is 0 Å². The Morgan fingerprint density at radius 2 is 1.76 bits per heavy atom. The second-order valence-corrected chi connectivity index (χ2v) is 6.18. The Kier molecular flexibility index (Phi) is 7.06. The van der Waals surface area contributed by atoms with Crippen LogP contribution in [0, 0.1) is 11.6 Å². The van der Waals surface area contributed by atoms with Gasteiger partial charge in [-0.15, -0.1) is 0 Å². The van der Waals surface area contributed by atoms with Crippen LogP contribution < -0.4 is 10.6 Å². The summed E-state index contributed by atoms with van der Waals surface area (Å²) in [6, 6.07) is 10.2. The Labute approximate surface area is 152 Å². The first-order valence-electron chi connectivity index (χ1n) is 7.70. The van der Waals surface area contributed by atoms with Crippen molar-refractivity contribution < 1.29 is 18.4 Å². The van der Waals surface area contributed by atoms with E-state index in [1.54, 1.807) is 18.2 Å². The second kappa shape index (κ2) is 9.27. The lowest BCUT2D eigenvalue weighted by Crippen LogP contribution is -2.31. The van der Waals surface area contributed by atoms with Crippen molar-refractivity contribution in [2.75, 3.05) is 13.1 Å². The molecule has 4 nitrogen and oxygen atoms in total. The molecule has 2 aromatic carbocycles. The van der Waals surface area contributed by atoms with E-state index in [1.807, 2.05) is 0 Å². The first-order valence-corrected chi connectivity index (χ1v) is 8.50. The fraction of sp³-hybridized carbons (Fsp3) is 0.222. The Morgan fingerprint density at radius 3 is 2.52 bits per heavy atom. The van der Waals surface area contributed by atoms with Crippen LogP contribution in [0.3, 0.4) is 0 Å². The molecule has 0 atom stereocenters. The molecular weight excluding hydrogens is 394 g/mol. The van der Waals surface area contributed by atoms with Crippen LogP contribution in [0.15, 0.2) is 46.9 Å². The molecule has 0 radical (unpaired) electrons. The van der Waals surface area contributed by atoms with E-state index in [-0.39, 0.29) is 30.3 Å². The molecule has 2 amide bonds. The van der Waals surface area contributed by atoms with Crippen molar-refractivity contribution in [2.45, 2.75) is 12.8 Å². The van der Waals surface area contributed by atoms with Gasteiger partial charge < -0.3 is 10.6 Å². The lowest BCUT2D eigenvalue weighted by atomic mass is 10.1. The molecule has 0 aromatic heterocycles. The lowest BCUT2D eigenvalue weighted by Gasteiger charge is -2.08. The third kappa shape index (κ3) is 5.94. The molecule has 0 aliphatic rings. The molecule has 0 spiro atoms. The van der Waals surface area contributed by atoms with Gasteiger partial charge >= 0.3 is 0 Å². The van der Waals surface area contributed by atoms with Crippen LogP contribution in [-0.2, 0) is 11.2 Å². The molecule has 0 saturated carbocycles. The van der Waals surface area contributed by atoms with Crippen LogP contribution in [0.1, 0.15) is 22.3 Å². The van der Waals surface area contributed by atoms with Crippen LogP contribution in [0.2, 0.25) is 0 Å². The number of amides is 2. The van der Waals surface area contributed by atoms with Crippen LogP contribution >= 0.6 is 15.9 Å². The van der Waals surface area contributed by atoms with Gasteiger partial charge in [0, 0.05) is 24.0 Å². The predicted octanol–water partition coefficient (Wildman–Crippen LogP) is 3.21. The van der Waals surface area contributed by atoms with Gasteiger partial charge in [0.05, 0.1) is 5.56 Å². The molecule has 132 valence electrons. The number of rotatable bonds is 7. The summed E-state index contributed by atoms with van der Waals surface area (Å²) in [5.41, 5.74) is 0.701. The standard InChI is InChI=1S/C18H17BrF2N2O2/c19-15-6-5-13(20)11-14(15)18(25)23-10-8-17(24)22-9-7-12-3-1-2-4-16(12)21/h1-6,11H,7-10H2,(H,22,24)(H,23,25). The largest absolute Gasteiger partial charge is 0.356 e. The van der Waals surface area contributed by atoms with E-state index >= 15 is 0 Å². The minimum atomic E-state index is -0.515. The van der Waals surface area contributed by atoms with E-state index in [4.69, 9.17) is 0 Å². The molecule has 2 N–H and O–H groups in total. The van der Waals surface area contributed by atoms with Crippen LogP contribution in [-0.4, -0.2) is 24.9 Å². The van der Waals surface area contributed by atoms with E-state index in [0.29, 0.717) is 23.0 Å². The maximum atomic E-state index is 13.4. The molecule has 0 aliphatic carbocycles. The first-order chi connectivity index (χ1) is 12.0. The topological polar surface area (TPSA) is 58.2 Å². The van der Waals surface area contributed by atoms with E-state index in [1.165, 1.54) is 18.2 Å². The zero-order valence-electron chi connectivity index (χ0n) is 13.3. The average Bonchev–Trinajstić information content (AvgIpc) is 2.58. The summed E-state index contributed by atoms with van der Waals surface area (Å²) >= 11 is 3.18. The molecule has 0 unspecified atom stereocenters. The SMILES string of the molecule is O=C(CCNC(=O)c1cc(F)ccc1Br)NCCc1ccccc1F. The third-order valence-electron chi connectivity index (χ3n) is 3.48. The molecule has 0 fully saturated rings. The first kappa shape index (κ1) is 19.1. The van der Waals surface area contributed by atoms with E-state index in [9.17, 15) is 18.4 Å². The number of nitrogens with one attached hydrogen (secondary N) is 2. The number of carbonyl (C=O) groups excluding carboxylic acids is 2. The van der Waals surface area contributed by atoms with Crippen LogP contribution in [0.4, 0.5) is 8.78 Å². The summed E-state index contributed by atoms with van der Waals surface area (Å²) in [4.78, 5) is 23.7. The third-order valence-corrected chi connectivity index (χ3v) is 4.18. The zero-order valence-corrected chi connectivity index (χ0v) is 14.9. The highest BCUT2D eigenvalue weighted by Crippen LogP contribution is 2.17. The van der Waals surface area contributed by atoms with Gasteiger partial charge in [-0.25, -0.2) is 8.78 Å². The average molecular weight is 411 g/mol. The Morgan fingerprint density at radius 1 is 1.00 bits per heavy atom. The molecule has 0 aliphatic heterocycles. The van der Waals surface area contributed by atoms with E-state index in [2.05, 4.69) is 26.6 Å². The highest BCUT2D eigenvalue weighted by atomic mass is 79.9. The normalized spacial score (nSPS) is 10.4. The van der Waals surface area contributed by atoms with Crippen molar-refractivity contribution in [3.05, 3.63) is 69.7 Å². The summed E-state index contributed by atoms with van der Waals surface area (Å²) in [5, 5.41) is 5.22. The van der Waals surface area contributed by atoms with Gasteiger partial charge in [0.2, 0.25) is 5.91 Å². The van der Waals surface area contributed by atoms with Gasteiger partial charge in [0.25, 0.3) is 5.91 Å². The van der Waals surface area contributed by atoms with Crippen molar-refractivity contribution in [1.29, 1.82) is 0 Å². The molecule has 0 saturated heterocycles. The van der Waals surface area contributed by atoms with Gasteiger partial charge in [-0.1, -0.05) is 18.2 Å². The molecule has 0 bridgehead atoms. The smallest absolute Gasteiger partial charge is 0.252 e. The minimum Gasteiger partial charge on any atom is -0.356 e. The number of hydrogen-bond acceptors (Lipinski definition) is 2. The Hall–Kier alpha value is -2.28. The Bertz CT molecular complexity index is 768. The summed E-state index contributed by atoms with van der Waals surface area (Å²) in [6.45, 7) is 0.427. The summed E-state index contributed by atoms with van der Waals surface area (Å²) in [7, 11) is 0. The minimum absolute atomic E-state index is 0.0793. The number of halogens is 3. The quantitative estimate of drug-likeness (QED) is 0.736. The molecule has 25 heavy (non-hydrogen) atoms. The number of carbonyl (C=O) groups is 2. The zero-order chi connectivity index (χ0) is 18.2. The highest BCUT2D eigenvalue weighted by Gasteiger charge is 2.11. The molecule has 2 aromatic rings. The molecule has 0 heterocycles. The van der Waals surface area contributed by atoms with E-state index in [0.717, 1.165) is 6.07 Å². The van der Waals surface area contributed by atoms with Crippen molar-refractivity contribution in [2.24, 2.45) is 0 Å². The maximum Gasteiger partial charge on any atom is 0.252 e. The fourth-order valence-corrected chi connectivity index (χ4v) is 2.61. The van der Waals surface area contributed by atoms with Gasteiger partial charge in [-0.3, -0.25) is 9.59 Å². The van der Waals surface area contributed by atoms with E-state index < -0.39 is 11.7 Å². The second-order valence-electron chi connectivity index (χ2n) is 5.32. The van der Waals surface area contributed by atoms with Crippen LogP contribution in [0.25, 0.3) is 0 Å². The molecule has 2 rings (SSSR count). The summed E-state index contributed by atoms with van der Waals surface area (Å²) < 4.78 is 27.1. The number of hydrogen-bond donors (Lipinski definition) is 2. The summed E-state index contributed by atoms with van der Waals surface area (Å²) in [5.74, 6) is -1.54. The molecular formula is C18H17BrF2N2O2. The monoisotopic (exact) mass is 410 g/mol. The van der Waals surface area contributed by atoms with Gasteiger partial charge in [-0.2, -0.15) is 0 Å². The highest BCUT2D eigenvalue weighted by molar-refractivity contribution is 9.10. The van der Waals surface area contributed by atoms with Crippen molar-refractivity contribution >= 4 is 27.7 Å². The van der Waals surface area contributed by atoms with Gasteiger partial charge in [-0.05, 0) is 52.2 Å². The fourth-order valence-electron chi connectivity index (χ4n) is 2.18. The summed E-state index contributed by atoms with van der Waals surface area (Å²) in [6.07, 6.45) is 0.469. The van der Waals surface area contributed by atoms with Crippen molar-refractivity contribution in [3.63, 3.8) is 0 Å². The van der Waals surface area contributed by atoms with Gasteiger partial charge in [0.15, 0.2) is 0 Å². The number of benzene rings is 2. The van der Waals surface area contributed by atoms with Crippen molar-refractivity contribution in [1.82, 2.24) is 10.6 Å². The predicted molar refractivity (Wildman–Crippen MR) is 94.2 cm³/mol. The maximum absolute atomic E-state index is 13.4.